The number of carbonyl (C=O) groups excluding carboxylic acids is 1. The van der Waals surface area contributed by atoms with Gasteiger partial charge in [-0.15, -0.1) is 0 Å². The molecule has 0 aliphatic carbocycles. The maximum absolute atomic E-state index is 12.4. The van der Waals surface area contributed by atoms with Gasteiger partial charge in [0.25, 0.3) is 0 Å². The minimum absolute atomic E-state index is 0.0811. The van der Waals surface area contributed by atoms with Crippen molar-refractivity contribution < 1.29 is 15.0 Å². The molecule has 0 saturated carbocycles. The van der Waals surface area contributed by atoms with Crippen LogP contribution >= 0.6 is 0 Å². The second-order valence-electron chi connectivity index (χ2n) is 14.7. The van der Waals surface area contributed by atoms with Crippen molar-refractivity contribution >= 4 is 5.91 Å². The van der Waals surface area contributed by atoms with Gasteiger partial charge in [-0.2, -0.15) is 0 Å². The molecular formula is C47H85NO3. The molecule has 2 atom stereocenters. The Balaban J connectivity index is 3.59. The van der Waals surface area contributed by atoms with Crippen LogP contribution in [0.3, 0.4) is 0 Å². The number of aliphatic hydroxyl groups excluding tert-OH is 2. The predicted molar refractivity (Wildman–Crippen MR) is 225 cm³/mol. The van der Waals surface area contributed by atoms with Crippen LogP contribution in [0.15, 0.2) is 60.8 Å². The van der Waals surface area contributed by atoms with Crippen molar-refractivity contribution in [3.63, 3.8) is 0 Å². The molecule has 3 N–H and O–H groups in total. The van der Waals surface area contributed by atoms with Gasteiger partial charge >= 0.3 is 0 Å². The first-order valence-corrected chi connectivity index (χ1v) is 22.0. The second kappa shape index (κ2) is 42.5. The molecule has 0 heterocycles. The standard InChI is InChI=1S/C47H85NO3/c1-3-5-7-9-11-13-15-17-19-20-21-22-23-24-25-26-27-28-29-31-33-35-37-39-41-43-47(51)48-45(44-49)46(50)42-40-38-36-34-32-30-18-16-14-12-10-8-6-4-2/h14-17,20-21,32,34,40,42,45-46,49-50H,3-13,18-19,22-31,33,35-39,41,43-44H2,1-2H3,(H,48,51)/b16-14+,17-15-,21-20-,34-32+,42-40+. The quantitative estimate of drug-likeness (QED) is 0.0439. The van der Waals surface area contributed by atoms with E-state index in [0.29, 0.717) is 6.42 Å². The molecule has 0 aromatic rings. The van der Waals surface area contributed by atoms with E-state index in [9.17, 15) is 15.0 Å². The van der Waals surface area contributed by atoms with Crippen LogP contribution in [0.2, 0.25) is 0 Å². The van der Waals surface area contributed by atoms with E-state index < -0.39 is 12.1 Å². The maximum atomic E-state index is 12.4. The van der Waals surface area contributed by atoms with E-state index in [0.717, 1.165) is 44.9 Å². The number of nitrogens with one attached hydrogen (secondary N) is 1. The van der Waals surface area contributed by atoms with Crippen LogP contribution in [0, 0.1) is 0 Å². The van der Waals surface area contributed by atoms with Crippen molar-refractivity contribution in [1.82, 2.24) is 5.32 Å². The molecule has 0 radical (unpaired) electrons. The first-order valence-electron chi connectivity index (χ1n) is 22.0. The van der Waals surface area contributed by atoms with Crippen molar-refractivity contribution in [3.8, 4) is 0 Å². The molecule has 4 nitrogen and oxygen atoms in total. The third-order valence-electron chi connectivity index (χ3n) is 9.70. The molecule has 2 unspecified atom stereocenters. The molecule has 51 heavy (non-hydrogen) atoms. The summed E-state index contributed by atoms with van der Waals surface area (Å²) in [7, 11) is 0. The molecule has 1 amide bonds. The van der Waals surface area contributed by atoms with E-state index in [-0.39, 0.29) is 12.5 Å². The molecule has 0 aliphatic rings. The maximum Gasteiger partial charge on any atom is 0.220 e. The number of amides is 1. The average Bonchev–Trinajstić information content (AvgIpc) is 3.13. The highest BCUT2D eigenvalue weighted by Gasteiger charge is 2.17. The smallest absolute Gasteiger partial charge is 0.220 e. The Kier molecular flexibility index (Phi) is 40.9. The largest absolute Gasteiger partial charge is 0.394 e. The number of aliphatic hydroxyl groups is 2. The topological polar surface area (TPSA) is 69.6 Å². The summed E-state index contributed by atoms with van der Waals surface area (Å²) in [6.45, 7) is 4.25. The predicted octanol–water partition coefficient (Wildman–Crippen LogP) is 13.7. The summed E-state index contributed by atoms with van der Waals surface area (Å²) in [5, 5.41) is 22.9. The Morgan fingerprint density at radius 3 is 1.27 bits per heavy atom. The molecule has 4 heteroatoms. The Morgan fingerprint density at radius 2 is 0.824 bits per heavy atom. The molecule has 0 bridgehead atoms. The number of rotatable bonds is 39. The minimum Gasteiger partial charge on any atom is -0.394 e. The summed E-state index contributed by atoms with van der Waals surface area (Å²) in [6.07, 6.45) is 59.0. The van der Waals surface area contributed by atoms with E-state index in [1.54, 1.807) is 6.08 Å². The summed E-state index contributed by atoms with van der Waals surface area (Å²) in [5.74, 6) is -0.0811. The summed E-state index contributed by atoms with van der Waals surface area (Å²) >= 11 is 0. The Labute approximate surface area is 317 Å². The van der Waals surface area contributed by atoms with Crippen LogP contribution in [-0.2, 0) is 4.79 Å². The first-order chi connectivity index (χ1) is 25.2. The third kappa shape index (κ3) is 39.1. The van der Waals surface area contributed by atoms with E-state index >= 15 is 0 Å². The zero-order chi connectivity index (χ0) is 37.1. The van der Waals surface area contributed by atoms with Crippen molar-refractivity contribution in [2.24, 2.45) is 0 Å². The Morgan fingerprint density at radius 1 is 0.471 bits per heavy atom. The summed E-state index contributed by atoms with van der Waals surface area (Å²) in [4.78, 5) is 12.4. The zero-order valence-electron chi connectivity index (χ0n) is 33.9. The van der Waals surface area contributed by atoms with Gasteiger partial charge in [0.1, 0.15) is 0 Å². The van der Waals surface area contributed by atoms with E-state index in [4.69, 9.17) is 0 Å². The third-order valence-corrected chi connectivity index (χ3v) is 9.70. The van der Waals surface area contributed by atoms with Gasteiger partial charge in [0.15, 0.2) is 0 Å². The highest BCUT2D eigenvalue weighted by molar-refractivity contribution is 5.76. The normalized spacial score (nSPS) is 13.6. The highest BCUT2D eigenvalue weighted by Crippen LogP contribution is 2.14. The molecule has 0 saturated heterocycles. The average molecular weight is 712 g/mol. The number of hydrogen-bond donors (Lipinski definition) is 3. The number of unbranched alkanes of at least 4 members (excludes halogenated alkanes) is 24. The lowest BCUT2D eigenvalue weighted by Gasteiger charge is -2.19. The molecule has 0 rings (SSSR count). The lowest BCUT2D eigenvalue weighted by Crippen LogP contribution is -2.45. The van der Waals surface area contributed by atoms with Crippen LogP contribution in [0.5, 0.6) is 0 Å². The minimum atomic E-state index is -0.870. The van der Waals surface area contributed by atoms with Crippen LogP contribution < -0.4 is 5.32 Å². The summed E-state index contributed by atoms with van der Waals surface area (Å²) < 4.78 is 0. The highest BCUT2D eigenvalue weighted by atomic mass is 16.3. The van der Waals surface area contributed by atoms with Crippen molar-refractivity contribution in [1.29, 1.82) is 0 Å². The van der Waals surface area contributed by atoms with Crippen molar-refractivity contribution in [3.05, 3.63) is 60.8 Å². The number of hydrogen-bond acceptors (Lipinski definition) is 3. The van der Waals surface area contributed by atoms with Gasteiger partial charge in [0, 0.05) is 6.42 Å². The molecule has 0 fully saturated rings. The lowest BCUT2D eigenvalue weighted by atomic mass is 10.0. The van der Waals surface area contributed by atoms with Crippen LogP contribution in [-0.4, -0.2) is 34.9 Å². The molecule has 0 aromatic heterocycles. The SMILES string of the molecule is CCCCCC/C=C/CC/C=C/CC/C=C/C(O)C(CO)NC(=O)CCCCCCCCCCCCCCC/C=C\C/C=C\CCCCCCC. The molecule has 0 spiro atoms. The van der Waals surface area contributed by atoms with Gasteiger partial charge in [-0.3, -0.25) is 4.79 Å². The monoisotopic (exact) mass is 712 g/mol. The van der Waals surface area contributed by atoms with Crippen LogP contribution in [0.1, 0.15) is 213 Å². The number of carbonyl (C=O) groups is 1. The zero-order valence-corrected chi connectivity index (χ0v) is 33.9. The molecule has 0 aliphatic heterocycles. The van der Waals surface area contributed by atoms with E-state index in [2.05, 4.69) is 67.8 Å². The van der Waals surface area contributed by atoms with Gasteiger partial charge in [-0.25, -0.2) is 0 Å². The van der Waals surface area contributed by atoms with Gasteiger partial charge in [-0.05, 0) is 77.0 Å². The summed E-state index contributed by atoms with van der Waals surface area (Å²) in [6, 6.07) is -0.646. The van der Waals surface area contributed by atoms with Crippen molar-refractivity contribution in [2.45, 2.75) is 225 Å². The van der Waals surface area contributed by atoms with Gasteiger partial charge in [0.2, 0.25) is 5.91 Å². The van der Waals surface area contributed by atoms with Gasteiger partial charge in [-0.1, -0.05) is 190 Å². The fourth-order valence-electron chi connectivity index (χ4n) is 6.30. The fraction of sp³-hybridized carbons (Fsp3) is 0.766. The van der Waals surface area contributed by atoms with Crippen LogP contribution in [0.25, 0.3) is 0 Å². The van der Waals surface area contributed by atoms with E-state index in [1.807, 2.05) is 6.08 Å². The second-order valence-corrected chi connectivity index (χ2v) is 14.7. The molecular weight excluding hydrogens is 627 g/mol. The van der Waals surface area contributed by atoms with Crippen LogP contribution in [0.4, 0.5) is 0 Å². The number of allylic oxidation sites excluding steroid dienone is 9. The van der Waals surface area contributed by atoms with Gasteiger partial charge in [0.05, 0.1) is 18.8 Å². The Bertz CT molecular complexity index is 858. The van der Waals surface area contributed by atoms with E-state index in [1.165, 1.54) is 148 Å². The van der Waals surface area contributed by atoms with Gasteiger partial charge < -0.3 is 15.5 Å². The fourth-order valence-corrected chi connectivity index (χ4v) is 6.30. The van der Waals surface area contributed by atoms with Crippen molar-refractivity contribution in [2.75, 3.05) is 6.61 Å². The lowest BCUT2D eigenvalue weighted by molar-refractivity contribution is -0.123. The molecule has 0 aromatic carbocycles. The first kappa shape index (κ1) is 49.1. The summed E-state index contributed by atoms with van der Waals surface area (Å²) in [5.41, 5.74) is 0. The molecule has 296 valence electrons. The Hall–Kier alpha value is -1.91.